The Labute approximate surface area is 65.5 Å². The number of carbonyl (C=O) groups is 1. The SMILES string of the molecule is NC(=O)N1Cc2c[nH]cc2C1.[H+]. The van der Waals surface area contributed by atoms with Crippen molar-refractivity contribution in [1.29, 1.82) is 0 Å². The van der Waals surface area contributed by atoms with E-state index in [1.54, 1.807) is 4.90 Å². The van der Waals surface area contributed by atoms with Crippen molar-refractivity contribution in [2.24, 2.45) is 5.73 Å². The van der Waals surface area contributed by atoms with E-state index in [0.717, 1.165) is 0 Å². The number of aromatic nitrogens is 1. The summed E-state index contributed by atoms with van der Waals surface area (Å²) < 4.78 is 0. The van der Waals surface area contributed by atoms with Crippen LogP contribution in [0.2, 0.25) is 0 Å². The molecule has 2 heterocycles. The summed E-state index contributed by atoms with van der Waals surface area (Å²) in [5.41, 5.74) is 7.45. The fourth-order valence-electron chi connectivity index (χ4n) is 1.35. The Morgan fingerprint density at radius 2 is 2.09 bits per heavy atom. The lowest BCUT2D eigenvalue weighted by molar-refractivity contribution is 0.208. The van der Waals surface area contributed by atoms with Gasteiger partial charge in [0.05, 0.1) is 0 Å². The van der Waals surface area contributed by atoms with Gasteiger partial charge in [-0.2, -0.15) is 0 Å². The van der Waals surface area contributed by atoms with Crippen molar-refractivity contribution in [3.05, 3.63) is 23.5 Å². The minimum Gasteiger partial charge on any atom is -0.367 e. The maximum atomic E-state index is 10.7. The molecule has 0 spiro atoms. The van der Waals surface area contributed by atoms with Gasteiger partial charge in [-0.1, -0.05) is 0 Å². The van der Waals surface area contributed by atoms with Crippen LogP contribution in [0.3, 0.4) is 0 Å². The first kappa shape index (κ1) is 6.27. The lowest BCUT2D eigenvalue weighted by atomic mass is 10.2. The summed E-state index contributed by atoms with van der Waals surface area (Å²) in [5.74, 6) is 0. The molecular weight excluding hydrogens is 142 g/mol. The Morgan fingerprint density at radius 1 is 1.55 bits per heavy atom. The first-order valence-corrected chi connectivity index (χ1v) is 3.46. The topological polar surface area (TPSA) is 62.1 Å². The quantitative estimate of drug-likeness (QED) is 0.559. The monoisotopic (exact) mass is 152 g/mol. The second-order valence-electron chi connectivity index (χ2n) is 2.70. The fourth-order valence-corrected chi connectivity index (χ4v) is 1.35. The van der Waals surface area contributed by atoms with Gasteiger partial charge < -0.3 is 15.6 Å². The number of hydrogen-bond donors (Lipinski definition) is 2. The molecule has 0 unspecified atom stereocenters. The molecule has 0 bridgehead atoms. The van der Waals surface area contributed by atoms with E-state index in [9.17, 15) is 4.79 Å². The van der Waals surface area contributed by atoms with E-state index >= 15 is 0 Å². The Hall–Kier alpha value is -1.45. The van der Waals surface area contributed by atoms with Gasteiger partial charge in [0.25, 0.3) is 0 Å². The van der Waals surface area contributed by atoms with Crippen LogP contribution in [0.15, 0.2) is 12.4 Å². The number of fused-ring (bicyclic) bond motifs is 1. The molecule has 0 atom stereocenters. The average Bonchev–Trinajstić information content (AvgIpc) is 2.40. The molecule has 4 nitrogen and oxygen atoms in total. The highest BCUT2D eigenvalue weighted by Crippen LogP contribution is 2.20. The fraction of sp³-hybridized carbons (Fsp3) is 0.286. The standard InChI is InChI=1S/C7H9N3O/c8-7(11)10-3-5-1-9-2-6(5)4-10/h1-2,9H,3-4H2,(H2,8,11)/p+1. The predicted octanol–water partition coefficient (Wildman–Crippen LogP) is 0.522. The first-order valence-electron chi connectivity index (χ1n) is 3.46. The van der Waals surface area contributed by atoms with Crippen LogP contribution in [-0.4, -0.2) is 15.9 Å². The third-order valence-corrected chi connectivity index (χ3v) is 1.96. The Morgan fingerprint density at radius 3 is 2.55 bits per heavy atom. The van der Waals surface area contributed by atoms with E-state index < -0.39 is 0 Å². The van der Waals surface area contributed by atoms with E-state index in [1.165, 1.54) is 11.1 Å². The highest BCUT2D eigenvalue weighted by Gasteiger charge is 2.21. The number of amides is 2. The molecule has 0 fully saturated rings. The van der Waals surface area contributed by atoms with Crippen LogP contribution in [0.25, 0.3) is 0 Å². The van der Waals surface area contributed by atoms with E-state index in [1.807, 2.05) is 12.4 Å². The van der Waals surface area contributed by atoms with Gasteiger partial charge in [0.2, 0.25) is 0 Å². The van der Waals surface area contributed by atoms with Crippen molar-refractivity contribution in [3.63, 3.8) is 0 Å². The van der Waals surface area contributed by atoms with Crippen LogP contribution in [-0.2, 0) is 13.1 Å². The highest BCUT2D eigenvalue weighted by atomic mass is 16.2. The van der Waals surface area contributed by atoms with Gasteiger partial charge in [-0.25, -0.2) is 4.79 Å². The van der Waals surface area contributed by atoms with Crippen LogP contribution in [0, 0.1) is 0 Å². The molecule has 1 aromatic rings. The number of nitrogens with one attached hydrogen (secondary N) is 1. The van der Waals surface area contributed by atoms with Crippen LogP contribution in [0.1, 0.15) is 12.6 Å². The minimum absolute atomic E-state index is 0. The molecule has 0 radical (unpaired) electrons. The molecule has 2 rings (SSSR count). The summed E-state index contributed by atoms with van der Waals surface area (Å²) in [4.78, 5) is 15.3. The van der Waals surface area contributed by atoms with Gasteiger partial charge in [-0.05, 0) is 11.1 Å². The molecule has 1 aliphatic heterocycles. The number of urea groups is 1. The Bertz CT molecular complexity index is 276. The largest absolute Gasteiger partial charge is 1.00 e. The van der Waals surface area contributed by atoms with Gasteiger partial charge in [0.1, 0.15) is 0 Å². The number of nitrogens with two attached hydrogens (primary N) is 1. The Kier molecular flexibility index (Phi) is 1.15. The zero-order valence-corrected chi connectivity index (χ0v) is 6.00. The smallest absolute Gasteiger partial charge is 0.367 e. The highest BCUT2D eigenvalue weighted by molar-refractivity contribution is 5.72. The van der Waals surface area contributed by atoms with Crippen LogP contribution in [0.5, 0.6) is 0 Å². The average molecular weight is 152 g/mol. The lowest BCUT2D eigenvalue weighted by Crippen LogP contribution is -2.30. The summed E-state index contributed by atoms with van der Waals surface area (Å²) in [6.45, 7) is 1.29. The molecule has 0 aromatic carbocycles. The predicted molar refractivity (Wildman–Crippen MR) is 40.7 cm³/mol. The third-order valence-electron chi connectivity index (χ3n) is 1.96. The van der Waals surface area contributed by atoms with Crippen molar-refractivity contribution in [2.45, 2.75) is 13.1 Å². The van der Waals surface area contributed by atoms with Crippen molar-refractivity contribution < 1.29 is 6.22 Å². The molecule has 4 heteroatoms. The number of H-pyrrole nitrogens is 1. The minimum atomic E-state index is -0.346. The van der Waals surface area contributed by atoms with Gasteiger partial charge in [0.15, 0.2) is 0 Å². The summed E-state index contributed by atoms with van der Waals surface area (Å²) in [5, 5.41) is 0. The third kappa shape index (κ3) is 0.869. The van der Waals surface area contributed by atoms with Crippen molar-refractivity contribution in [2.75, 3.05) is 0 Å². The molecule has 0 aliphatic carbocycles. The molecular formula is C7H10N3O+. The van der Waals surface area contributed by atoms with Crippen molar-refractivity contribution in [3.8, 4) is 0 Å². The molecule has 0 saturated heterocycles. The molecule has 3 N–H and O–H groups in total. The molecule has 11 heavy (non-hydrogen) atoms. The van der Waals surface area contributed by atoms with Gasteiger partial charge in [0, 0.05) is 25.5 Å². The van der Waals surface area contributed by atoms with E-state index in [4.69, 9.17) is 5.73 Å². The summed E-state index contributed by atoms with van der Waals surface area (Å²) >= 11 is 0. The van der Waals surface area contributed by atoms with Gasteiger partial charge in [-0.3, -0.25) is 0 Å². The zero-order valence-electron chi connectivity index (χ0n) is 7.00. The number of hydrogen-bond acceptors (Lipinski definition) is 1. The summed E-state index contributed by atoms with van der Waals surface area (Å²) in [6, 6.07) is -0.346. The maximum absolute atomic E-state index is 10.7. The molecule has 1 aliphatic rings. The summed E-state index contributed by atoms with van der Waals surface area (Å²) in [7, 11) is 0. The van der Waals surface area contributed by atoms with Crippen molar-refractivity contribution in [1.82, 2.24) is 9.88 Å². The molecule has 1 aromatic heterocycles. The second kappa shape index (κ2) is 2.02. The summed E-state index contributed by atoms with van der Waals surface area (Å²) in [6.07, 6.45) is 3.80. The van der Waals surface area contributed by atoms with Crippen molar-refractivity contribution >= 4 is 6.03 Å². The normalized spacial score (nSPS) is 15.1. The van der Waals surface area contributed by atoms with E-state index in [2.05, 4.69) is 4.98 Å². The number of rotatable bonds is 0. The van der Waals surface area contributed by atoms with Gasteiger partial charge >= 0.3 is 7.46 Å². The molecule has 58 valence electrons. The van der Waals surface area contributed by atoms with Gasteiger partial charge in [-0.15, -0.1) is 0 Å². The number of nitrogens with zero attached hydrogens (tertiary/aromatic N) is 1. The number of primary amides is 1. The number of carbonyl (C=O) groups excluding carboxylic acids is 1. The Balaban J connectivity index is 0.000000720. The number of aromatic amines is 1. The van der Waals surface area contributed by atoms with Crippen LogP contribution >= 0.6 is 0 Å². The zero-order chi connectivity index (χ0) is 7.84. The first-order chi connectivity index (χ1) is 5.27. The molecule has 0 saturated carbocycles. The van der Waals surface area contributed by atoms with E-state index in [-0.39, 0.29) is 7.46 Å². The lowest BCUT2D eigenvalue weighted by Gasteiger charge is -2.10. The van der Waals surface area contributed by atoms with Crippen LogP contribution in [0.4, 0.5) is 4.79 Å². The maximum Gasteiger partial charge on any atom is 1.00 e. The van der Waals surface area contributed by atoms with E-state index in [0.29, 0.717) is 13.1 Å². The second-order valence-corrected chi connectivity index (χ2v) is 2.70. The van der Waals surface area contributed by atoms with Crippen LogP contribution < -0.4 is 5.73 Å². The molecule has 2 amide bonds.